The summed E-state index contributed by atoms with van der Waals surface area (Å²) in [6, 6.07) is 0.392. The van der Waals surface area contributed by atoms with Gasteiger partial charge in [-0.25, -0.2) is 0 Å². The first kappa shape index (κ1) is 16.5. The highest BCUT2D eigenvalue weighted by molar-refractivity contribution is 5.76. The first-order valence-corrected chi connectivity index (χ1v) is 7.82. The summed E-state index contributed by atoms with van der Waals surface area (Å²) in [5.41, 5.74) is 5.78. The van der Waals surface area contributed by atoms with E-state index >= 15 is 0 Å². The molecule has 0 saturated heterocycles. The summed E-state index contributed by atoms with van der Waals surface area (Å²) in [6.07, 6.45) is 6.12. The Bertz CT molecular complexity index is 278. The van der Waals surface area contributed by atoms with Gasteiger partial charge in [0.05, 0.1) is 0 Å². The monoisotopic (exact) mass is 268 g/mol. The van der Waals surface area contributed by atoms with Crippen LogP contribution in [0.25, 0.3) is 0 Å². The van der Waals surface area contributed by atoms with Gasteiger partial charge in [-0.1, -0.05) is 27.7 Å². The minimum Gasteiger partial charge on any atom is -0.353 e. The van der Waals surface area contributed by atoms with Crippen molar-refractivity contribution in [2.75, 3.05) is 6.54 Å². The van der Waals surface area contributed by atoms with Gasteiger partial charge in [-0.15, -0.1) is 0 Å². The second-order valence-electron chi connectivity index (χ2n) is 7.38. The fraction of sp³-hybridized carbons (Fsp3) is 0.938. The zero-order valence-electron chi connectivity index (χ0n) is 13.2. The normalized spacial score (nSPS) is 28.2. The van der Waals surface area contributed by atoms with Crippen molar-refractivity contribution >= 4 is 5.91 Å². The first-order chi connectivity index (χ1) is 8.82. The van der Waals surface area contributed by atoms with Crippen LogP contribution in [0.2, 0.25) is 0 Å². The van der Waals surface area contributed by atoms with Crippen LogP contribution in [0.1, 0.15) is 66.2 Å². The lowest BCUT2D eigenvalue weighted by molar-refractivity contribution is -0.122. The third-order valence-corrected chi connectivity index (χ3v) is 4.39. The Hall–Kier alpha value is -0.570. The zero-order valence-corrected chi connectivity index (χ0v) is 13.2. The van der Waals surface area contributed by atoms with Crippen LogP contribution in [-0.2, 0) is 4.79 Å². The fourth-order valence-corrected chi connectivity index (χ4v) is 3.33. The van der Waals surface area contributed by atoms with E-state index in [9.17, 15) is 4.79 Å². The van der Waals surface area contributed by atoms with E-state index in [0.717, 1.165) is 37.5 Å². The van der Waals surface area contributed by atoms with Crippen LogP contribution >= 0.6 is 0 Å². The second kappa shape index (κ2) is 7.28. The van der Waals surface area contributed by atoms with Crippen LogP contribution < -0.4 is 11.1 Å². The smallest absolute Gasteiger partial charge is 0.220 e. The van der Waals surface area contributed by atoms with Crippen LogP contribution in [-0.4, -0.2) is 18.5 Å². The molecule has 3 heteroatoms. The van der Waals surface area contributed by atoms with Crippen molar-refractivity contribution in [3.8, 4) is 0 Å². The van der Waals surface area contributed by atoms with Crippen LogP contribution in [0, 0.1) is 17.3 Å². The van der Waals surface area contributed by atoms with Crippen molar-refractivity contribution in [1.29, 1.82) is 0 Å². The highest BCUT2D eigenvalue weighted by atomic mass is 16.1. The summed E-state index contributed by atoms with van der Waals surface area (Å²) in [4.78, 5) is 12.0. The maximum Gasteiger partial charge on any atom is 0.220 e. The molecule has 1 aliphatic carbocycles. The molecule has 1 saturated carbocycles. The van der Waals surface area contributed by atoms with Crippen molar-refractivity contribution in [2.45, 2.75) is 72.3 Å². The van der Waals surface area contributed by atoms with Gasteiger partial charge in [0.25, 0.3) is 0 Å². The summed E-state index contributed by atoms with van der Waals surface area (Å²) in [7, 11) is 0. The quantitative estimate of drug-likeness (QED) is 0.778. The van der Waals surface area contributed by atoms with Gasteiger partial charge >= 0.3 is 0 Å². The van der Waals surface area contributed by atoms with Gasteiger partial charge in [-0.2, -0.15) is 0 Å². The van der Waals surface area contributed by atoms with Crippen LogP contribution in [0.5, 0.6) is 0 Å². The Morgan fingerprint density at radius 1 is 1.16 bits per heavy atom. The molecule has 19 heavy (non-hydrogen) atoms. The van der Waals surface area contributed by atoms with Crippen molar-refractivity contribution in [3.05, 3.63) is 0 Å². The van der Waals surface area contributed by atoms with Crippen LogP contribution in [0.3, 0.4) is 0 Å². The lowest BCUT2D eigenvalue weighted by atomic mass is 9.80. The molecule has 0 bridgehead atoms. The van der Waals surface area contributed by atoms with Gasteiger partial charge in [0.2, 0.25) is 5.91 Å². The Kier molecular flexibility index (Phi) is 6.31. The number of carbonyl (C=O) groups excluding carboxylic acids is 1. The predicted octanol–water partition coefficient (Wildman–Crippen LogP) is 3.08. The molecule has 3 nitrogen and oxygen atoms in total. The number of hydrogen-bond donors (Lipinski definition) is 2. The number of rotatable bonds is 6. The summed E-state index contributed by atoms with van der Waals surface area (Å²) in [6.45, 7) is 9.67. The Labute approximate surface area is 118 Å². The largest absolute Gasteiger partial charge is 0.353 e. The molecule has 112 valence electrons. The summed E-state index contributed by atoms with van der Waals surface area (Å²) in [5, 5.41) is 3.22. The minimum absolute atomic E-state index is 0.180. The van der Waals surface area contributed by atoms with Gasteiger partial charge in [0.1, 0.15) is 0 Å². The zero-order chi connectivity index (χ0) is 14.5. The van der Waals surface area contributed by atoms with Gasteiger partial charge in [-0.3, -0.25) is 4.79 Å². The van der Waals surface area contributed by atoms with Crippen molar-refractivity contribution in [3.63, 3.8) is 0 Å². The highest BCUT2D eigenvalue weighted by Crippen LogP contribution is 2.29. The lowest BCUT2D eigenvalue weighted by Gasteiger charge is -2.32. The van der Waals surface area contributed by atoms with Gasteiger partial charge in [0, 0.05) is 12.5 Å². The predicted molar refractivity (Wildman–Crippen MR) is 80.8 cm³/mol. The SMILES string of the molecule is CC1CC(C)CC(NC(=O)CCC(C)(C)CCN)C1. The average molecular weight is 268 g/mol. The number of hydrogen-bond acceptors (Lipinski definition) is 2. The summed E-state index contributed by atoms with van der Waals surface area (Å²) in [5.74, 6) is 1.70. The molecule has 2 atom stereocenters. The number of nitrogens with one attached hydrogen (secondary N) is 1. The van der Waals surface area contributed by atoms with E-state index < -0.39 is 0 Å². The molecule has 1 amide bonds. The van der Waals surface area contributed by atoms with E-state index in [1.807, 2.05) is 0 Å². The van der Waals surface area contributed by atoms with Crippen LogP contribution in [0.15, 0.2) is 0 Å². The molecule has 0 spiro atoms. The molecule has 1 fully saturated rings. The highest BCUT2D eigenvalue weighted by Gasteiger charge is 2.25. The molecule has 0 aromatic carbocycles. The molecule has 0 aliphatic heterocycles. The molecule has 1 rings (SSSR count). The molecule has 1 aliphatic rings. The molecular weight excluding hydrogens is 236 g/mol. The molecule has 0 aromatic heterocycles. The fourth-order valence-electron chi connectivity index (χ4n) is 3.33. The van der Waals surface area contributed by atoms with E-state index in [1.54, 1.807) is 0 Å². The topological polar surface area (TPSA) is 55.1 Å². The first-order valence-electron chi connectivity index (χ1n) is 7.82. The van der Waals surface area contributed by atoms with Gasteiger partial charge in [-0.05, 0) is 55.9 Å². The maximum absolute atomic E-state index is 12.0. The van der Waals surface area contributed by atoms with E-state index in [4.69, 9.17) is 5.73 Å². The Morgan fingerprint density at radius 3 is 2.26 bits per heavy atom. The minimum atomic E-state index is 0.180. The Morgan fingerprint density at radius 2 is 1.74 bits per heavy atom. The number of nitrogens with two attached hydrogens (primary N) is 1. The Balaban J connectivity index is 2.31. The standard InChI is InChI=1S/C16H32N2O/c1-12-9-13(2)11-14(10-12)18-15(19)5-6-16(3,4)7-8-17/h12-14H,5-11,17H2,1-4H3,(H,18,19). The maximum atomic E-state index is 12.0. The molecule has 2 unspecified atom stereocenters. The number of amides is 1. The average Bonchev–Trinajstić information content (AvgIpc) is 2.25. The third-order valence-electron chi connectivity index (χ3n) is 4.39. The van der Waals surface area contributed by atoms with Gasteiger partial charge < -0.3 is 11.1 Å². The second-order valence-corrected chi connectivity index (χ2v) is 7.38. The molecule has 0 aromatic rings. The van der Waals surface area contributed by atoms with Crippen molar-refractivity contribution < 1.29 is 4.79 Å². The van der Waals surface area contributed by atoms with E-state index in [1.165, 1.54) is 6.42 Å². The number of carbonyl (C=O) groups is 1. The summed E-state index contributed by atoms with van der Waals surface area (Å²) >= 11 is 0. The van der Waals surface area contributed by atoms with Crippen molar-refractivity contribution in [2.24, 2.45) is 23.0 Å². The van der Waals surface area contributed by atoms with Crippen LogP contribution in [0.4, 0.5) is 0 Å². The molecule has 0 radical (unpaired) electrons. The molecule has 0 heterocycles. The van der Waals surface area contributed by atoms with Gasteiger partial charge in [0.15, 0.2) is 0 Å². The third kappa shape index (κ3) is 6.42. The lowest BCUT2D eigenvalue weighted by Crippen LogP contribution is -2.40. The van der Waals surface area contributed by atoms with E-state index in [2.05, 4.69) is 33.0 Å². The molecular formula is C16H32N2O. The van der Waals surface area contributed by atoms with E-state index in [0.29, 0.717) is 19.0 Å². The summed E-state index contributed by atoms with van der Waals surface area (Å²) < 4.78 is 0. The van der Waals surface area contributed by atoms with Crippen molar-refractivity contribution in [1.82, 2.24) is 5.32 Å². The van der Waals surface area contributed by atoms with E-state index in [-0.39, 0.29) is 11.3 Å². The molecule has 3 N–H and O–H groups in total.